The van der Waals surface area contributed by atoms with Crippen LogP contribution in [0, 0.1) is 12.1 Å². The van der Waals surface area contributed by atoms with Gasteiger partial charge in [0, 0.05) is 0 Å². The zero-order chi connectivity index (χ0) is 14.1. The zero-order valence-corrected chi connectivity index (χ0v) is 13.4. The molecule has 18 heavy (non-hydrogen) atoms. The van der Waals surface area contributed by atoms with Crippen LogP contribution >= 0.6 is 17.8 Å². The summed E-state index contributed by atoms with van der Waals surface area (Å²) in [5.41, 5.74) is 0. The Bertz CT molecular complexity index is 273. The van der Waals surface area contributed by atoms with Crippen molar-refractivity contribution in [3.05, 3.63) is 72.8 Å². The fourth-order valence-electron chi connectivity index (χ4n) is 0.684. The van der Waals surface area contributed by atoms with Crippen molar-refractivity contribution in [1.82, 2.24) is 0 Å². The molecule has 6 heteroatoms. The number of hydrogen-bond donors (Lipinski definition) is 2. The number of hydrogen-bond acceptors (Lipinski definition) is 1. The van der Waals surface area contributed by atoms with Crippen LogP contribution in [0.2, 0.25) is 0 Å². The van der Waals surface area contributed by atoms with Gasteiger partial charge in [-0.25, -0.2) is 0 Å². The number of benzene rings is 2. The molecule has 2 aromatic rings. The SMILES string of the molecule is O=[PH](O)O.[Cl][Ir+2].[c-]1ccccc1.[c-]1ccccc1. The Morgan fingerprint density at radius 1 is 0.778 bits per heavy atom. The molecule has 2 N–H and O–H groups in total. The van der Waals surface area contributed by atoms with Gasteiger partial charge in [0.25, 0.3) is 0 Å². The maximum Gasteiger partial charge on any atom is -0.171 e. The molecule has 0 spiro atoms. The molecule has 2 aromatic carbocycles. The van der Waals surface area contributed by atoms with E-state index in [-0.39, 0.29) is 0 Å². The molecule has 0 heterocycles. The summed E-state index contributed by atoms with van der Waals surface area (Å²) in [5, 5.41) is 0. The van der Waals surface area contributed by atoms with E-state index in [2.05, 4.69) is 21.7 Å². The van der Waals surface area contributed by atoms with Crippen LogP contribution in [0.3, 0.4) is 0 Å². The minimum atomic E-state index is -3.13. The normalized spacial score (nSPS) is 7.61. The summed E-state index contributed by atoms with van der Waals surface area (Å²) in [6.07, 6.45) is 0. The molecule has 0 aromatic heterocycles. The van der Waals surface area contributed by atoms with E-state index in [9.17, 15) is 0 Å². The van der Waals surface area contributed by atoms with Crippen LogP contribution < -0.4 is 0 Å². The fraction of sp³-hybridized carbons (Fsp3) is 0. The van der Waals surface area contributed by atoms with Crippen LogP contribution in [0.5, 0.6) is 0 Å². The van der Waals surface area contributed by atoms with Gasteiger partial charge in [-0.15, -0.1) is 0 Å². The van der Waals surface area contributed by atoms with Crippen molar-refractivity contribution in [3.8, 4) is 0 Å². The van der Waals surface area contributed by atoms with E-state index in [1.54, 1.807) is 0 Å². The monoisotopic (exact) mass is 464 g/mol. The van der Waals surface area contributed by atoms with Crippen LogP contribution in [-0.2, 0) is 22.5 Å². The third-order valence-electron chi connectivity index (χ3n) is 1.21. The van der Waals surface area contributed by atoms with Gasteiger partial charge in [0.15, 0.2) is 0 Å². The molecule has 0 aliphatic carbocycles. The molecule has 0 aliphatic rings. The average molecular weight is 464 g/mol. The van der Waals surface area contributed by atoms with E-state index in [1.807, 2.05) is 60.7 Å². The molecule has 0 radical (unpaired) electrons. The third kappa shape index (κ3) is 24.7. The first-order valence-corrected chi connectivity index (χ1v) is 8.87. The molecule has 0 atom stereocenters. The van der Waals surface area contributed by atoms with Crippen molar-refractivity contribution in [3.63, 3.8) is 0 Å². The first-order chi connectivity index (χ1) is 8.73. The van der Waals surface area contributed by atoms with E-state index >= 15 is 0 Å². The number of halogens is 1. The molecular weight excluding hydrogens is 451 g/mol. The molecule has 3 nitrogen and oxygen atoms in total. The van der Waals surface area contributed by atoms with Crippen LogP contribution in [0.1, 0.15) is 0 Å². The summed E-state index contributed by atoms with van der Waals surface area (Å²) in [6.45, 7) is 0. The van der Waals surface area contributed by atoms with Gasteiger partial charge in [0.1, 0.15) is 0 Å². The Labute approximate surface area is 123 Å². The van der Waals surface area contributed by atoms with Gasteiger partial charge < -0.3 is 9.79 Å². The molecule has 0 bridgehead atoms. The van der Waals surface area contributed by atoms with Crippen molar-refractivity contribution in [1.29, 1.82) is 0 Å². The van der Waals surface area contributed by atoms with Crippen molar-refractivity contribution in [2.24, 2.45) is 0 Å². The van der Waals surface area contributed by atoms with E-state index in [0.717, 1.165) is 0 Å². The van der Waals surface area contributed by atoms with E-state index < -0.39 is 8.25 Å². The zero-order valence-electron chi connectivity index (χ0n) is 9.29. The summed E-state index contributed by atoms with van der Waals surface area (Å²) < 4.78 is 8.74. The van der Waals surface area contributed by atoms with Crippen LogP contribution in [0.25, 0.3) is 0 Å². The Morgan fingerprint density at radius 2 is 1.00 bits per heavy atom. The van der Waals surface area contributed by atoms with Gasteiger partial charge in [-0.1, -0.05) is 0 Å². The fourth-order valence-corrected chi connectivity index (χ4v) is 0.684. The molecule has 100 valence electrons. The second-order valence-electron chi connectivity index (χ2n) is 2.44. The summed E-state index contributed by atoms with van der Waals surface area (Å²) in [4.78, 5) is 14.3. The summed E-state index contributed by atoms with van der Waals surface area (Å²) in [6, 6.07) is 25.0. The van der Waals surface area contributed by atoms with Crippen LogP contribution in [0.4, 0.5) is 0 Å². The second kappa shape index (κ2) is 18.9. The van der Waals surface area contributed by atoms with Crippen molar-refractivity contribution < 1.29 is 32.2 Å². The Balaban J connectivity index is 0. The summed E-state index contributed by atoms with van der Waals surface area (Å²) in [7, 11) is 1.51. The predicted octanol–water partition coefficient (Wildman–Crippen LogP) is 3.02. The predicted molar refractivity (Wildman–Crippen MR) is 69.8 cm³/mol. The topological polar surface area (TPSA) is 57.5 Å². The minimum absolute atomic E-state index is 1.47. The summed E-state index contributed by atoms with van der Waals surface area (Å²) in [5.74, 6) is 0. The van der Waals surface area contributed by atoms with Gasteiger partial charge in [-0.2, -0.15) is 72.8 Å². The molecule has 0 aliphatic heterocycles. The Morgan fingerprint density at radius 3 is 1.06 bits per heavy atom. The van der Waals surface area contributed by atoms with Gasteiger partial charge in [0.05, 0.1) is 0 Å². The molecule has 0 saturated carbocycles. The van der Waals surface area contributed by atoms with Crippen molar-refractivity contribution in [2.45, 2.75) is 0 Å². The molecule has 0 fully saturated rings. The molecule has 0 amide bonds. The molecule has 0 saturated heterocycles. The quantitative estimate of drug-likeness (QED) is 0.466. The maximum absolute atomic E-state index is 8.74. The molecule has 0 unspecified atom stereocenters. The van der Waals surface area contributed by atoms with E-state index in [0.29, 0.717) is 0 Å². The first kappa shape index (κ1) is 19.9. The first-order valence-electron chi connectivity index (χ1n) is 4.60. The largest absolute Gasteiger partial charge is 0.184 e. The Kier molecular flexibility index (Phi) is 20.8. The van der Waals surface area contributed by atoms with Gasteiger partial charge in [-0.3, -0.25) is 4.57 Å². The second-order valence-corrected chi connectivity index (χ2v) is 3.00. The standard InChI is InChI=1S/2C6H5.ClH.Ir.H3O3P/c2*1-2-4-6-5-3-1;;;1-4(2)3/h2*1-5H;1H;;4H,(H2,1,2,3)/q2*-1;;+3;/p-1. The third-order valence-corrected chi connectivity index (χ3v) is 1.21. The molecule has 2 rings (SSSR count). The van der Waals surface area contributed by atoms with E-state index in [1.165, 1.54) is 17.9 Å². The maximum atomic E-state index is 8.74. The number of rotatable bonds is 0. The van der Waals surface area contributed by atoms with Crippen LogP contribution in [-0.4, -0.2) is 9.79 Å². The van der Waals surface area contributed by atoms with Gasteiger partial charge >= 0.3 is 35.7 Å². The van der Waals surface area contributed by atoms with Gasteiger partial charge in [0.2, 0.25) is 0 Å². The van der Waals surface area contributed by atoms with Crippen LogP contribution in [0.15, 0.2) is 60.7 Å². The smallest absolute Gasteiger partial charge is 0.171 e. The van der Waals surface area contributed by atoms with Crippen molar-refractivity contribution >= 4 is 17.8 Å². The van der Waals surface area contributed by atoms with Gasteiger partial charge in [-0.05, 0) is 0 Å². The average Bonchev–Trinajstić information content (AvgIpc) is 2.45. The van der Waals surface area contributed by atoms with E-state index in [4.69, 9.17) is 14.4 Å². The molecular formula is C12H13ClIrO3P. The van der Waals surface area contributed by atoms with Crippen molar-refractivity contribution in [2.75, 3.05) is 0 Å². The minimum Gasteiger partial charge on any atom is -0.184 e. The summed E-state index contributed by atoms with van der Waals surface area (Å²) >= 11 is 1.47. The Hall–Kier alpha value is -0.471.